The Labute approximate surface area is 144 Å². The lowest BCUT2D eigenvalue weighted by atomic mass is 9.89. The van der Waals surface area contributed by atoms with Crippen LogP contribution in [0.25, 0.3) is 0 Å². The molecule has 5 nitrogen and oxygen atoms in total. The van der Waals surface area contributed by atoms with Gasteiger partial charge >= 0.3 is 0 Å². The van der Waals surface area contributed by atoms with Crippen LogP contribution in [-0.4, -0.2) is 28.9 Å². The molecule has 1 fully saturated rings. The van der Waals surface area contributed by atoms with Crippen molar-refractivity contribution in [3.63, 3.8) is 0 Å². The van der Waals surface area contributed by atoms with Gasteiger partial charge in [0.15, 0.2) is 0 Å². The maximum Gasteiger partial charge on any atom is 0.231 e. The normalized spacial score (nSPS) is 15.1. The minimum Gasteiger partial charge on any atom is -0.497 e. The topological polar surface area (TPSA) is 43.2 Å². The number of methoxy groups -OCH3 is 1. The molecule has 1 aliphatic carbocycles. The fourth-order valence-electron chi connectivity index (χ4n) is 3.26. The molecule has 0 saturated heterocycles. The van der Waals surface area contributed by atoms with Gasteiger partial charge < -0.3 is 9.64 Å². The van der Waals surface area contributed by atoms with Crippen LogP contribution in [0.2, 0.25) is 0 Å². The fourth-order valence-corrected chi connectivity index (χ4v) is 3.26. The average molecular weight is 337 g/mol. The highest BCUT2D eigenvalue weighted by Gasteiger charge is 2.23. The Hall–Kier alpha value is -1.75. The second kappa shape index (κ2) is 7.68. The number of benzene rings is 1. The predicted octanol–water partition coefficient (Wildman–Crippen LogP) is 4.06. The largest absolute Gasteiger partial charge is 0.497 e. The quantitative estimate of drug-likeness (QED) is 0.844. The van der Waals surface area contributed by atoms with Gasteiger partial charge in [0, 0.05) is 25.7 Å². The van der Waals surface area contributed by atoms with Gasteiger partial charge in [-0.3, -0.25) is 4.57 Å². The first kappa shape index (κ1) is 17.6. The highest BCUT2D eigenvalue weighted by molar-refractivity contribution is 5.85. The lowest BCUT2D eigenvalue weighted by Crippen LogP contribution is -2.16. The van der Waals surface area contributed by atoms with E-state index in [4.69, 9.17) is 4.74 Å². The molecular formula is C17H25ClN4O. The Balaban J connectivity index is 0.00000192. The maximum absolute atomic E-state index is 5.21. The van der Waals surface area contributed by atoms with Crippen LogP contribution in [0.5, 0.6) is 5.75 Å². The Kier molecular flexibility index (Phi) is 5.88. The van der Waals surface area contributed by atoms with Gasteiger partial charge in [0.25, 0.3) is 0 Å². The summed E-state index contributed by atoms with van der Waals surface area (Å²) in [5.41, 5.74) is 1.08. The van der Waals surface area contributed by atoms with E-state index in [0.717, 1.165) is 23.2 Å². The van der Waals surface area contributed by atoms with Crippen molar-refractivity contribution in [3.8, 4) is 5.75 Å². The van der Waals surface area contributed by atoms with Crippen LogP contribution in [0.4, 0.5) is 11.6 Å². The van der Waals surface area contributed by atoms with Gasteiger partial charge in [0.05, 0.1) is 7.11 Å². The molecule has 0 spiro atoms. The zero-order chi connectivity index (χ0) is 15.5. The summed E-state index contributed by atoms with van der Waals surface area (Å²) in [7, 11) is 5.77. The second-order valence-electron chi connectivity index (χ2n) is 6.01. The minimum atomic E-state index is 0. The van der Waals surface area contributed by atoms with Gasteiger partial charge in [0.2, 0.25) is 5.95 Å². The summed E-state index contributed by atoms with van der Waals surface area (Å²) < 4.78 is 7.35. The van der Waals surface area contributed by atoms with Crippen molar-refractivity contribution in [1.29, 1.82) is 0 Å². The van der Waals surface area contributed by atoms with Crippen LogP contribution in [-0.2, 0) is 7.05 Å². The molecule has 0 unspecified atom stereocenters. The van der Waals surface area contributed by atoms with Crippen molar-refractivity contribution >= 4 is 24.0 Å². The lowest BCUT2D eigenvalue weighted by Gasteiger charge is -2.22. The molecule has 6 heteroatoms. The molecule has 1 aromatic heterocycles. The first-order valence-corrected chi connectivity index (χ1v) is 7.97. The Morgan fingerprint density at radius 3 is 2.35 bits per heavy atom. The van der Waals surface area contributed by atoms with E-state index >= 15 is 0 Å². The minimum absolute atomic E-state index is 0. The Morgan fingerprint density at radius 2 is 1.74 bits per heavy atom. The molecule has 1 heterocycles. The van der Waals surface area contributed by atoms with Crippen molar-refractivity contribution in [2.45, 2.75) is 38.0 Å². The summed E-state index contributed by atoms with van der Waals surface area (Å²) in [6.07, 6.45) is 6.44. The van der Waals surface area contributed by atoms with Gasteiger partial charge in [0.1, 0.15) is 11.6 Å². The van der Waals surface area contributed by atoms with Crippen molar-refractivity contribution < 1.29 is 4.74 Å². The number of anilines is 2. The number of ether oxygens (including phenoxy) is 1. The lowest BCUT2D eigenvalue weighted by molar-refractivity contribution is 0.415. The third-order valence-electron chi connectivity index (χ3n) is 4.62. The van der Waals surface area contributed by atoms with Crippen LogP contribution in [0.3, 0.4) is 0 Å². The summed E-state index contributed by atoms with van der Waals surface area (Å²) in [6, 6.07) is 8.00. The third-order valence-corrected chi connectivity index (χ3v) is 4.62. The average Bonchev–Trinajstić information content (AvgIpc) is 2.96. The molecule has 2 aromatic rings. The van der Waals surface area contributed by atoms with E-state index in [2.05, 4.69) is 26.7 Å². The standard InChI is InChI=1S/C17H24N4O.ClH/c1-20(14-9-11-15(22-3)12-10-14)17-19-18-16(21(17)2)13-7-5-4-6-8-13;/h9-13H,4-8H2,1-3H3;1H. The molecule has 23 heavy (non-hydrogen) atoms. The van der Waals surface area contributed by atoms with Crippen LogP contribution < -0.4 is 9.64 Å². The molecule has 3 rings (SSSR count). The van der Waals surface area contributed by atoms with Gasteiger partial charge in [-0.1, -0.05) is 19.3 Å². The molecule has 1 saturated carbocycles. The zero-order valence-corrected chi connectivity index (χ0v) is 14.8. The SMILES string of the molecule is COc1ccc(N(C)c2nnc(C3CCCCC3)n2C)cc1.Cl. The molecule has 126 valence electrons. The first-order valence-electron chi connectivity index (χ1n) is 7.97. The van der Waals surface area contributed by atoms with Gasteiger partial charge in [-0.15, -0.1) is 22.6 Å². The molecule has 1 aliphatic rings. The summed E-state index contributed by atoms with van der Waals surface area (Å²) in [5, 5.41) is 8.88. The Bertz CT molecular complexity index is 620. The summed E-state index contributed by atoms with van der Waals surface area (Å²) in [4.78, 5) is 2.07. The summed E-state index contributed by atoms with van der Waals surface area (Å²) in [5.74, 6) is 3.42. The van der Waals surface area contributed by atoms with E-state index in [1.165, 1.54) is 32.1 Å². The van der Waals surface area contributed by atoms with Crippen molar-refractivity contribution in [2.75, 3.05) is 19.1 Å². The van der Waals surface area contributed by atoms with E-state index in [0.29, 0.717) is 5.92 Å². The highest BCUT2D eigenvalue weighted by atomic mass is 35.5. The van der Waals surface area contributed by atoms with Crippen molar-refractivity contribution in [2.24, 2.45) is 7.05 Å². The van der Waals surface area contributed by atoms with Crippen LogP contribution in [0, 0.1) is 0 Å². The summed E-state index contributed by atoms with van der Waals surface area (Å²) >= 11 is 0. The first-order chi connectivity index (χ1) is 10.7. The monoisotopic (exact) mass is 336 g/mol. The number of aromatic nitrogens is 3. The maximum atomic E-state index is 5.21. The number of hydrogen-bond acceptors (Lipinski definition) is 4. The molecule has 0 N–H and O–H groups in total. The predicted molar refractivity (Wildman–Crippen MR) is 95.1 cm³/mol. The number of nitrogens with zero attached hydrogens (tertiary/aromatic N) is 4. The number of halogens is 1. The Morgan fingerprint density at radius 1 is 1.09 bits per heavy atom. The molecule has 0 atom stereocenters. The van der Waals surface area contributed by atoms with E-state index < -0.39 is 0 Å². The molecule has 1 aromatic carbocycles. The van der Waals surface area contributed by atoms with Gasteiger partial charge in [-0.2, -0.15) is 0 Å². The van der Waals surface area contributed by atoms with Crippen LogP contribution >= 0.6 is 12.4 Å². The number of hydrogen-bond donors (Lipinski definition) is 0. The van der Waals surface area contributed by atoms with Gasteiger partial charge in [-0.25, -0.2) is 0 Å². The van der Waals surface area contributed by atoms with Crippen molar-refractivity contribution in [1.82, 2.24) is 14.8 Å². The smallest absolute Gasteiger partial charge is 0.231 e. The van der Waals surface area contributed by atoms with Crippen molar-refractivity contribution in [3.05, 3.63) is 30.1 Å². The zero-order valence-electron chi connectivity index (χ0n) is 14.0. The summed E-state index contributed by atoms with van der Waals surface area (Å²) in [6.45, 7) is 0. The van der Waals surface area contributed by atoms with Crippen LogP contribution in [0.15, 0.2) is 24.3 Å². The van der Waals surface area contributed by atoms with E-state index in [1.807, 2.05) is 31.3 Å². The molecule has 0 radical (unpaired) electrons. The highest BCUT2D eigenvalue weighted by Crippen LogP contribution is 2.33. The molecule has 0 aliphatic heterocycles. The molecule has 0 amide bonds. The van der Waals surface area contributed by atoms with Gasteiger partial charge in [-0.05, 0) is 37.1 Å². The van der Waals surface area contributed by atoms with Crippen LogP contribution in [0.1, 0.15) is 43.8 Å². The van der Waals surface area contributed by atoms with E-state index in [1.54, 1.807) is 7.11 Å². The molecular weight excluding hydrogens is 312 g/mol. The third kappa shape index (κ3) is 3.61. The molecule has 0 bridgehead atoms. The van der Waals surface area contributed by atoms with E-state index in [9.17, 15) is 0 Å². The number of rotatable bonds is 4. The second-order valence-corrected chi connectivity index (χ2v) is 6.01. The van der Waals surface area contributed by atoms with E-state index in [-0.39, 0.29) is 12.4 Å². The fraction of sp³-hybridized carbons (Fsp3) is 0.529.